The van der Waals surface area contributed by atoms with E-state index in [0.29, 0.717) is 17.4 Å². The number of likely N-dealkylation sites (N-methyl/N-ethyl adjacent to an activating group) is 2. The van der Waals surface area contributed by atoms with E-state index in [1.165, 1.54) is 11.3 Å². The quantitative estimate of drug-likeness (QED) is 0.523. The van der Waals surface area contributed by atoms with Crippen LogP contribution in [0.2, 0.25) is 0 Å². The van der Waals surface area contributed by atoms with Crippen LogP contribution in [0, 0.1) is 0 Å². The Bertz CT molecular complexity index is 1090. The van der Waals surface area contributed by atoms with Gasteiger partial charge in [-0.2, -0.15) is 4.98 Å². The smallest absolute Gasteiger partial charge is 0.229 e. The first-order valence-electron chi connectivity index (χ1n) is 10.7. The molecule has 0 saturated carbocycles. The molecule has 3 aromatic rings. The van der Waals surface area contributed by atoms with Gasteiger partial charge in [-0.25, -0.2) is 4.98 Å². The van der Waals surface area contributed by atoms with Crippen LogP contribution in [0.1, 0.15) is 5.56 Å². The van der Waals surface area contributed by atoms with Crippen molar-refractivity contribution in [3.63, 3.8) is 0 Å². The summed E-state index contributed by atoms with van der Waals surface area (Å²) in [6.07, 6.45) is 2.78. The second-order valence-electron chi connectivity index (χ2n) is 8.23. The average molecular weight is 434 g/mol. The molecule has 1 aliphatic heterocycles. The number of rotatable bonds is 8. The Balaban J connectivity index is 1.57. The van der Waals surface area contributed by atoms with Crippen LogP contribution in [-0.2, 0) is 6.42 Å². The molecule has 0 atom stereocenters. The number of fused-ring (bicyclic) bond motifs is 1. The molecule has 1 aromatic heterocycles. The first-order chi connectivity index (χ1) is 15.5. The molecule has 0 fully saturated rings. The summed E-state index contributed by atoms with van der Waals surface area (Å²) in [4.78, 5) is 15.7. The van der Waals surface area contributed by atoms with Gasteiger partial charge in [-0.15, -0.1) is 0 Å². The third-order valence-corrected chi connectivity index (χ3v) is 5.69. The van der Waals surface area contributed by atoms with E-state index in [1.807, 2.05) is 25.2 Å². The Labute approximate surface area is 189 Å². The molecule has 0 aliphatic carbocycles. The molecule has 0 unspecified atom stereocenters. The molecule has 0 saturated heterocycles. The standard InChI is InChI=1S/C24H31N7O/c1-29(2)13-14-30(3)21-16-22(32-4)19(15-18(21)25)27-24-26-11-9-23(28-24)31-12-10-17-7-5-6-8-20(17)31/h5-9,11,15-16H,10,12-14,25H2,1-4H3,(H,26,27,28). The van der Waals surface area contributed by atoms with Gasteiger partial charge >= 0.3 is 0 Å². The molecule has 3 N–H and O–H groups in total. The van der Waals surface area contributed by atoms with Crippen LogP contribution in [0.25, 0.3) is 0 Å². The highest BCUT2D eigenvalue weighted by Gasteiger charge is 2.21. The summed E-state index contributed by atoms with van der Waals surface area (Å²) in [5, 5.41) is 3.29. The zero-order valence-corrected chi connectivity index (χ0v) is 19.2. The molecule has 4 rings (SSSR count). The van der Waals surface area contributed by atoms with E-state index in [4.69, 9.17) is 15.5 Å². The van der Waals surface area contributed by atoms with Crippen LogP contribution in [0.3, 0.4) is 0 Å². The molecule has 1 aliphatic rings. The van der Waals surface area contributed by atoms with Crippen LogP contribution in [0.15, 0.2) is 48.7 Å². The van der Waals surface area contributed by atoms with E-state index < -0.39 is 0 Å². The maximum absolute atomic E-state index is 6.39. The lowest BCUT2D eigenvalue weighted by atomic mass is 10.2. The fourth-order valence-corrected chi connectivity index (χ4v) is 3.91. The van der Waals surface area contributed by atoms with Gasteiger partial charge in [0.05, 0.1) is 24.2 Å². The number of nitrogens with zero attached hydrogens (tertiary/aromatic N) is 5. The number of benzene rings is 2. The van der Waals surface area contributed by atoms with Gasteiger partial charge < -0.3 is 30.5 Å². The van der Waals surface area contributed by atoms with Gasteiger partial charge in [0, 0.05) is 44.6 Å². The molecule has 0 amide bonds. The third kappa shape index (κ3) is 4.55. The van der Waals surface area contributed by atoms with Crippen LogP contribution >= 0.6 is 0 Å². The molecule has 32 heavy (non-hydrogen) atoms. The molecule has 8 nitrogen and oxygen atoms in total. The van der Waals surface area contributed by atoms with E-state index in [9.17, 15) is 0 Å². The largest absolute Gasteiger partial charge is 0.494 e. The summed E-state index contributed by atoms with van der Waals surface area (Å²) in [6.45, 7) is 2.69. The number of nitrogens with two attached hydrogens (primary N) is 1. The van der Waals surface area contributed by atoms with E-state index in [1.54, 1.807) is 13.3 Å². The zero-order chi connectivity index (χ0) is 22.7. The van der Waals surface area contributed by atoms with Gasteiger partial charge in [0.2, 0.25) is 5.95 Å². The average Bonchev–Trinajstić information content (AvgIpc) is 3.22. The van der Waals surface area contributed by atoms with E-state index in [0.717, 1.165) is 43.2 Å². The van der Waals surface area contributed by atoms with Crippen molar-refractivity contribution in [3.05, 3.63) is 54.2 Å². The Morgan fingerprint density at radius 2 is 1.94 bits per heavy atom. The van der Waals surface area contributed by atoms with Gasteiger partial charge in [-0.05, 0) is 44.3 Å². The third-order valence-electron chi connectivity index (χ3n) is 5.69. The lowest BCUT2D eigenvalue weighted by molar-refractivity contribution is 0.413. The fourth-order valence-electron chi connectivity index (χ4n) is 3.91. The van der Waals surface area contributed by atoms with Crippen molar-refractivity contribution in [1.82, 2.24) is 14.9 Å². The number of nitrogens with one attached hydrogen (secondary N) is 1. The van der Waals surface area contributed by atoms with Gasteiger partial charge in [-0.3, -0.25) is 0 Å². The number of aromatic nitrogens is 2. The maximum Gasteiger partial charge on any atom is 0.229 e. The highest BCUT2D eigenvalue weighted by Crippen LogP contribution is 2.37. The monoisotopic (exact) mass is 433 g/mol. The summed E-state index contributed by atoms with van der Waals surface area (Å²) in [5.74, 6) is 2.05. The van der Waals surface area contributed by atoms with Crippen molar-refractivity contribution >= 4 is 34.5 Å². The van der Waals surface area contributed by atoms with Gasteiger partial charge in [0.25, 0.3) is 0 Å². The van der Waals surface area contributed by atoms with E-state index in [2.05, 4.69) is 63.4 Å². The SMILES string of the molecule is COc1cc(N(C)CCN(C)C)c(N)cc1Nc1nccc(N2CCc3ccccc32)n1. The minimum absolute atomic E-state index is 0.498. The highest BCUT2D eigenvalue weighted by atomic mass is 16.5. The number of methoxy groups -OCH3 is 1. The van der Waals surface area contributed by atoms with Crippen molar-refractivity contribution in [1.29, 1.82) is 0 Å². The predicted molar refractivity (Wildman–Crippen MR) is 132 cm³/mol. The Kier molecular flexibility index (Phi) is 6.32. The molecular formula is C24H31N7O. The van der Waals surface area contributed by atoms with Crippen LogP contribution < -0.4 is 25.6 Å². The van der Waals surface area contributed by atoms with Crippen molar-refractivity contribution in [2.75, 3.05) is 68.7 Å². The Hall–Kier alpha value is -3.52. The van der Waals surface area contributed by atoms with Crippen LogP contribution in [0.5, 0.6) is 5.75 Å². The maximum atomic E-state index is 6.39. The fraction of sp³-hybridized carbons (Fsp3) is 0.333. The normalized spacial score (nSPS) is 12.7. The molecule has 0 spiro atoms. The van der Waals surface area contributed by atoms with E-state index in [-0.39, 0.29) is 0 Å². The van der Waals surface area contributed by atoms with Crippen molar-refractivity contribution in [2.45, 2.75) is 6.42 Å². The topological polar surface area (TPSA) is 82.8 Å². The Morgan fingerprint density at radius 3 is 2.72 bits per heavy atom. The number of para-hydroxylation sites is 1. The van der Waals surface area contributed by atoms with Crippen LogP contribution in [0.4, 0.5) is 34.5 Å². The molecule has 2 heterocycles. The first-order valence-corrected chi connectivity index (χ1v) is 10.7. The van der Waals surface area contributed by atoms with Gasteiger partial charge in [0.15, 0.2) is 0 Å². The van der Waals surface area contributed by atoms with Crippen molar-refractivity contribution in [2.24, 2.45) is 0 Å². The number of hydrogen-bond donors (Lipinski definition) is 2. The lowest BCUT2D eigenvalue weighted by Gasteiger charge is -2.24. The minimum Gasteiger partial charge on any atom is -0.494 e. The predicted octanol–water partition coefficient (Wildman–Crippen LogP) is 3.50. The van der Waals surface area contributed by atoms with Crippen LogP contribution in [-0.4, -0.2) is 62.8 Å². The molecular weight excluding hydrogens is 402 g/mol. The summed E-state index contributed by atoms with van der Waals surface area (Å²) < 4.78 is 5.64. The molecule has 168 valence electrons. The molecule has 2 aromatic carbocycles. The number of anilines is 6. The Morgan fingerprint density at radius 1 is 1.12 bits per heavy atom. The lowest BCUT2D eigenvalue weighted by Crippen LogP contribution is -2.29. The summed E-state index contributed by atoms with van der Waals surface area (Å²) in [6, 6.07) is 14.2. The van der Waals surface area contributed by atoms with Crippen molar-refractivity contribution < 1.29 is 4.74 Å². The molecule has 0 bridgehead atoms. The summed E-state index contributed by atoms with van der Waals surface area (Å²) in [7, 11) is 7.79. The second-order valence-corrected chi connectivity index (χ2v) is 8.23. The first kappa shape index (κ1) is 21.7. The summed E-state index contributed by atoms with van der Waals surface area (Å²) in [5.41, 5.74) is 11.2. The number of ether oxygens (including phenoxy) is 1. The number of hydrogen-bond acceptors (Lipinski definition) is 8. The van der Waals surface area contributed by atoms with E-state index >= 15 is 0 Å². The second kappa shape index (κ2) is 9.32. The van der Waals surface area contributed by atoms with Gasteiger partial charge in [-0.1, -0.05) is 18.2 Å². The molecule has 0 radical (unpaired) electrons. The zero-order valence-electron chi connectivity index (χ0n) is 19.2. The summed E-state index contributed by atoms with van der Waals surface area (Å²) >= 11 is 0. The molecule has 8 heteroatoms. The van der Waals surface area contributed by atoms with Crippen molar-refractivity contribution in [3.8, 4) is 5.75 Å². The van der Waals surface area contributed by atoms with Gasteiger partial charge in [0.1, 0.15) is 11.6 Å². The minimum atomic E-state index is 0.498. The highest BCUT2D eigenvalue weighted by molar-refractivity contribution is 5.79. The number of nitrogen functional groups attached to an aromatic ring is 1.